The maximum Gasteiger partial charge on any atom is 0.0543 e. The fourth-order valence-electron chi connectivity index (χ4n) is 3.08. The van der Waals surface area contributed by atoms with E-state index in [0.29, 0.717) is 5.92 Å². The maximum absolute atomic E-state index is 4.43. The highest BCUT2D eigenvalue weighted by atomic mass is 15.3. The lowest BCUT2D eigenvalue weighted by molar-refractivity contribution is 0.442. The van der Waals surface area contributed by atoms with Gasteiger partial charge in [0.05, 0.1) is 6.21 Å². The zero-order valence-electron chi connectivity index (χ0n) is 14.3. The van der Waals surface area contributed by atoms with Crippen LogP contribution < -0.4 is 5.43 Å². The molecule has 0 saturated heterocycles. The zero-order valence-corrected chi connectivity index (χ0v) is 14.3. The molecule has 0 saturated carbocycles. The van der Waals surface area contributed by atoms with Crippen LogP contribution in [0.1, 0.15) is 55.9 Å². The van der Waals surface area contributed by atoms with E-state index in [-0.39, 0.29) is 5.54 Å². The molecule has 1 atom stereocenters. The molecule has 1 N–H and O–H groups in total. The van der Waals surface area contributed by atoms with Gasteiger partial charge in [0.15, 0.2) is 0 Å². The molecule has 0 spiro atoms. The summed E-state index contributed by atoms with van der Waals surface area (Å²) in [5, 5.41) is 4.43. The van der Waals surface area contributed by atoms with Crippen molar-refractivity contribution in [3.8, 4) is 0 Å². The Kier molecular flexibility index (Phi) is 4.08. The van der Waals surface area contributed by atoms with E-state index in [0.717, 1.165) is 0 Å². The molecule has 0 bridgehead atoms. The van der Waals surface area contributed by atoms with Gasteiger partial charge in [0.2, 0.25) is 0 Å². The van der Waals surface area contributed by atoms with Gasteiger partial charge >= 0.3 is 0 Å². The quantitative estimate of drug-likeness (QED) is 0.629. The summed E-state index contributed by atoms with van der Waals surface area (Å²) in [5.74, 6) is 0.323. The minimum absolute atomic E-state index is 0.0266. The number of fused-ring (bicyclic) bond motifs is 1. The Labute approximate surface area is 138 Å². The highest BCUT2D eigenvalue weighted by molar-refractivity contribution is 5.83. The first-order valence-electron chi connectivity index (χ1n) is 8.12. The zero-order chi connectivity index (χ0) is 16.4. The van der Waals surface area contributed by atoms with Gasteiger partial charge in [-0.05, 0) is 49.9 Å². The van der Waals surface area contributed by atoms with E-state index in [1.807, 2.05) is 6.21 Å². The van der Waals surface area contributed by atoms with Crippen molar-refractivity contribution in [1.29, 1.82) is 0 Å². The second-order valence-electron chi connectivity index (χ2n) is 7.20. The SMILES string of the molecule is CC1=Cc2ccccc2C1c1ccccc1/C=N/NC(C)(C)C. The predicted molar refractivity (Wildman–Crippen MR) is 98.9 cm³/mol. The van der Waals surface area contributed by atoms with Crippen LogP contribution in [0.3, 0.4) is 0 Å². The van der Waals surface area contributed by atoms with Gasteiger partial charge in [0.25, 0.3) is 0 Å². The number of rotatable bonds is 3. The van der Waals surface area contributed by atoms with Crippen molar-refractivity contribution in [3.05, 3.63) is 76.4 Å². The Morgan fingerprint density at radius 2 is 1.61 bits per heavy atom. The van der Waals surface area contributed by atoms with Crippen molar-refractivity contribution in [2.75, 3.05) is 0 Å². The summed E-state index contributed by atoms with van der Waals surface area (Å²) in [7, 11) is 0. The van der Waals surface area contributed by atoms with E-state index >= 15 is 0 Å². The van der Waals surface area contributed by atoms with E-state index in [1.54, 1.807) is 0 Å². The first-order chi connectivity index (χ1) is 11.0. The molecule has 0 radical (unpaired) electrons. The van der Waals surface area contributed by atoms with Crippen molar-refractivity contribution in [2.24, 2.45) is 5.10 Å². The van der Waals surface area contributed by atoms with Gasteiger partial charge in [-0.3, -0.25) is 0 Å². The van der Waals surface area contributed by atoms with Gasteiger partial charge in [0.1, 0.15) is 0 Å². The Morgan fingerprint density at radius 1 is 0.957 bits per heavy atom. The number of allylic oxidation sites excluding steroid dienone is 1. The molecule has 2 nitrogen and oxygen atoms in total. The number of hydrazone groups is 1. The first kappa shape index (κ1) is 15.5. The molecule has 23 heavy (non-hydrogen) atoms. The Morgan fingerprint density at radius 3 is 2.35 bits per heavy atom. The van der Waals surface area contributed by atoms with Crippen LogP contribution in [-0.2, 0) is 0 Å². The summed E-state index contributed by atoms with van der Waals surface area (Å²) in [6, 6.07) is 17.2. The van der Waals surface area contributed by atoms with Gasteiger partial charge in [0, 0.05) is 11.5 Å². The van der Waals surface area contributed by atoms with E-state index < -0.39 is 0 Å². The largest absolute Gasteiger partial charge is 0.305 e. The molecular formula is C21H24N2. The van der Waals surface area contributed by atoms with Crippen LogP contribution in [-0.4, -0.2) is 11.8 Å². The van der Waals surface area contributed by atoms with Crippen LogP contribution in [0.15, 0.2) is 59.2 Å². The molecule has 0 aliphatic heterocycles. The lowest BCUT2D eigenvalue weighted by Crippen LogP contribution is -2.31. The van der Waals surface area contributed by atoms with E-state index in [4.69, 9.17) is 0 Å². The summed E-state index contributed by atoms with van der Waals surface area (Å²) in [6.07, 6.45) is 4.23. The molecule has 2 heteroatoms. The van der Waals surface area contributed by atoms with Crippen molar-refractivity contribution >= 4 is 12.3 Å². The lowest BCUT2D eigenvalue weighted by atomic mass is 9.86. The molecule has 1 aliphatic carbocycles. The highest BCUT2D eigenvalue weighted by Gasteiger charge is 2.25. The molecule has 118 valence electrons. The Balaban J connectivity index is 1.97. The van der Waals surface area contributed by atoms with Crippen molar-refractivity contribution < 1.29 is 0 Å². The fourth-order valence-corrected chi connectivity index (χ4v) is 3.08. The van der Waals surface area contributed by atoms with Gasteiger partial charge in [-0.2, -0.15) is 5.10 Å². The van der Waals surface area contributed by atoms with E-state index in [1.165, 1.54) is 27.8 Å². The summed E-state index contributed by atoms with van der Waals surface area (Å²) >= 11 is 0. The number of benzene rings is 2. The average Bonchev–Trinajstić information content (AvgIpc) is 2.82. The molecule has 1 unspecified atom stereocenters. The van der Waals surface area contributed by atoms with Crippen LogP contribution in [0.4, 0.5) is 0 Å². The second kappa shape index (κ2) is 6.04. The smallest absolute Gasteiger partial charge is 0.0543 e. The average molecular weight is 304 g/mol. The third-order valence-electron chi connectivity index (χ3n) is 4.06. The van der Waals surface area contributed by atoms with Crippen LogP contribution in [0.25, 0.3) is 6.08 Å². The topological polar surface area (TPSA) is 24.4 Å². The minimum atomic E-state index is -0.0266. The highest BCUT2D eigenvalue weighted by Crippen LogP contribution is 2.41. The van der Waals surface area contributed by atoms with Crippen molar-refractivity contribution in [3.63, 3.8) is 0 Å². The van der Waals surface area contributed by atoms with Crippen LogP contribution in [0, 0.1) is 0 Å². The normalized spacial score (nSPS) is 17.2. The summed E-state index contributed by atoms with van der Waals surface area (Å²) in [4.78, 5) is 0. The third kappa shape index (κ3) is 3.37. The van der Waals surface area contributed by atoms with Gasteiger partial charge in [-0.1, -0.05) is 60.2 Å². The molecular weight excluding hydrogens is 280 g/mol. The number of hydrogen-bond acceptors (Lipinski definition) is 2. The monoisotopic (exact) mass is 304 g/mol. The predicted octanol–water partition coefficient (Wildman–Crippen LogP) is 4.96. The van der Waals surface area contributed by atoms with Crippen molar-refractivity contribution in [2.45, 2.75) is 39.2 Å². The molecule has 1 aliphatic rings. The van der Waals surface area contributed by atoms with Gasteiger partial charge in [-0.25, -0.2) is 0 Å². The first-order valence-corrected chi connectivity index (χ1v) is 8.12. The van der Waals surface area contributed by atoms with E-state index in [9.17, 15) is 0 Å². The number of hydrogen-bond donors (Lipinski definition) is 1. The third-order valence-corrected chi connectivity index (χ3v) is 4.06. The number of nitrogens with one attached hydrogen (secondary N) is 1. The van der Waals surface area contributed by atoms with Gasteiger partial charge < -0.3 is 5.43 Å². The Bertz CT molecular complexity index is 763. The molecule has 0 amide bonds. The molecule has 2 aromatic carbocycles. The molecule has 0 aromatic heterocycles. The summed E-state index contributed by atoms with van der Waals surface area (Å²) in [5.41, 5.74) is 9.72. The van der Waals surface area contributed by atoms with Crippen LogP contribution in [0.2, 0.25) is 0 Å². The fraction of sp³-hybridized carbons (Fsp3) is 0.286. The van der Waals surface area contributed by atoms with Crippen LogP contribution in [0.5, 0.6) is 0 Å². The standard InChI is InChI=1S/C21H24N2/c1-15-13-16-9-5-7-11-18(16)20(15)19-12-8-6-10-17(19)14-22-23-21(2,3)4/h5-14,20,23H,1-4H3/b22-14+. The van der Waals surface area contributed by atoms with Crippen LogP contribution >= 0.6 is 0 Å². The molecule has 0 heterocycles. The molecule has 0 fully saturated rings. The van der Waals surface area contributed by atoms with E-state index in [2.05, 4.69) is 92.8 Å². The number of nitrogens with zero attached hydrogens (tertiary/aromatic N) is 1. The minimum Gasteiger partial charge on any atom is -0.305 e. The summed E-state index contributed by atoms with van der Waals surface area (Å²) in [6.45, 7) is 8.54. The lowest BCUT2D eigenvalue weighted by Gasteiger charge is -2.19. The second-order valence-corrected chi connectivity index (χ2v) is 7.20. The maximum atomic E-state index is 4.43. The summed E-state index contributed by atoms with van der Waals surface area (Å²) < 4.78 is 0. The molecule has 3 rings (SSSR count). The molecule has 2 aromatic rings. The Hall–Kier alpha value is -2.35. The van der Waals surface area contributed by atoms with Gasteiger partial charge in [-0.15, -0.1) is 0 Å². The van der Waals surface area contributed by atoms with Crippen molar-refractivity contribution in [1.82, 2.24) is 5.43 Å².